The molecule has 92 valence electrons. The number of amides is 1. The van der Waals surface area contributed by atoms with Gasteiger partial charge in [0.1, 0.15) is 6.61 Å². The number of aliphatic carboxylic acids is 1. The molecule has 0 bridgehead atoms. The maximum Gasteiger partial charge on any atom is 0.306 e. The van der Waals surface area contributed by atoms with E-state index in [0.29, 0.717) is 19.4 Å². The van der Waals surface area contributed by atoms with Gasteiger partial charge in [-0.25, -0.2) is 0 Å². The van der Waals surface area contributed by atoms with Crippen LogP contribution in [0.3, 0.4) is 0 Å². The topological polar surface area (TPSA) is 75.6 Å². The largest absolute Gasteiger partial charge is 0.481 e. The molecule has 0 atom stereocenters. The van der Waals surface area contributed by atoms with Crippen molar-refractivity contribution in [2.45, 2.75) is 38.6 Å². The number of nitrogens with one attached hydrogen (secondary N) is 1. The lowest BCUT2D eigenvalue weighted by Gasteiger charge is -2.32. The van der Waals surface area contributed by atoms with Gasteiger partial charge in [0.05, 0.1) is 5.92 Å². The van der Waals surface area contributed by atoms with E-state index < -0.39 is 5.97 Å². The highest BCUT2D eigenvalue weighted by Crippen LogP contribution is 2.27. The summed E-state index contributed by atoms with van der Waals surface area (Å²) < 4.78 is 5.15. The third-order valence-electron chi connectivity index (χ3n) is 2.73. The van der Waals surface area contributed by atoms with Crippen molar-refractivity contribution in [1.29, 1.82) is 0 Å². The summed E-state index contributed by atoms with van der Waals surface area (Å²) in [7, 11) is 0. The minimum absolute atomic E-state index is 0.0170. The molecule has 1 rings (SSSR count). The summed E-state index contributed by atoms with van der Waals surface area (Å²) in [5.41, 5.74) is 0. The fraction of sp³-hybridized carbons (Fsp3) is 0.818. The minimum Gasteiger partial charge on any atom is -0.481 e. The molecular formula is C11H19NO4. The van der Waals surface area contributed by atoms with E-state index >= 15 is 0 Å². The van der Waals surface area contributed by atoms with Gasteiger partial charge in [-0.2, -0.15) is 0 Å². The van der Waals surface area contributed by atoms with Crippen molar-refractivity contribution in [3.8, 4) is 0 Å². The number of carboxylic acids is 1. The van der Waals surface area contributed by atoms with Crippen LogP contribution < -0.4 is 5.32 Å². The van der Waals surface area contributed by atoms with Crippen LogP contribution >= 0.6 is 0 Å². The van der Waals surface area contributed by atoms with Crippen molar-refractivity contribution in [2.24, 2.45) is 5.92 Å². The minimum atomic E-state index is -0.773. The molecule has 16 heavy (non-hydrogen) atoms. The van der Waals surface area contributed by atoms with Crippen LogP contribution in [0, 0.1) is 5.92 Å². The number of carbonyl (C=O) groups is 2. The van der Waals surface area contributed by atoms with E-state index in [0.717, 1.165) is 12.8 Å². The summed E-state index contributed by atoms with van der Waals surface area (Å²) in [4.78, 5) is 21.8. The van der Waals surface area contributed by atoms with Crippen molar-refractivity contribution in [3.63, 3.8) is 0 Å². The lowest BCUT2D eigenvalue weighted by molar-refractivity contribution is -0.146. The van der Waals surface area contributed by atoms with Crippen molar-refractivity contribution < 1.29 is 19.4 Å². The first-order valence-corrected chi connectivity index (χ1v) is 5.73. The Hall–Kier alpha value is -1.10. The first kappa shape index (κ1) is 13.0. The highest BCUT2D eigenvalue weighted by Gasteiger charge is 2.35. The zero-order valence-electron chi connectivity index (χ0n) is 9.57. The normalized spacial score (nSPS) is 23.6. The summed E-state index contributed by atoms with van der Waals surface area (Å²) in [6.07, 6.45) is 3.08. The zero-order valence-corrected chi connectivity index (χ0v) is 9.57. The molecule has 1 aliphatic carbocycles. The van der Waals surface area contributed by atoms with Crippen molar-refractivity contribution >= 4 is 11.9 Å². The molecule has 5 nitrogen and oxygen atoms in total. The quantitative estimate of drug-likeness (QED) is 0.633. The van der Waals surface area contributed by atoms with Gasteiger partial charge in [-0.1, -0.05) is 13.3 Å². The third kappa shape index (κ3) is 4.18. The molecule has 0 aromatic heterocycles. The molecule has 2 N–H and O–H groups in total. The Labute approximate surface area is 95.2 Å². The standard InChI is InChI=1S/C11H19NO4/c1-2-3-4-16-7-10(13)12-9-5-8(6-9)11(14)15/h8-9H,2-7H2,1H3,(H,12,13)(H,14,15). The van der Waals surface area contributed by atoms with E-state index in [1.165, 1.54) is 0 Å². The van der Waals surface area contributed by atoms with Gasteiger partial charge in [0.2, 0.25) is 5.91 Å². The monoisotopic (exact) mass is 229 g/mol. The Balaban J connectivity index is 2.01. The van der Waals surface area contributed by atoms with Gasteiger partial charge in [-0.3, -0.25) is 9.59 Å². The van der Waals surface area contributed by atoms with Crippen LogP contribution in [0.2, 0.25) is 0 Å². The van der Waals surface area contributed by atoms with E-state index in [-0.39, 0.29) is 24.5 Å². The molecule has 0 aromatic rings. The number of unbranched alkanes of at least 4 members (excludes halogenated alkanes) is 1. The van der Waals surface area contributed by atoms with Crippen LogP contribution in [0.15, 0.2) is 0 Å². The van der Waals surface area contributed by atoms with Gasteiger partial charge in [0.15, 0.2) is 0 Å². The maximum atomic E-state index is 11.3. The van der Waals surface area contributed by atoms with E-state index in [2.05, 4.69) is 12.2 Å². The predicted octanol–water partition coefficient (Wildman–Crippen LogP) is 0.782. The second-order valence-electron chi connectivity index (χ2n) is 4.18. The summed E-state index contributed by atoms with van der Waals surface area (Å²) in [6, 6.07) is 0.0170. The molecule has 1 amide bonds. The first-order valence-electron chi connectivity index (χ1n) is 5.73. The van der Waals surface area contributed by atoms with Gasteiger partial charge < -0.3 is 15.2 Å². The average Bonchev–Trinajstić information content (AvgIpc) is 2.17. The van der Waals surface area contributed by atoms with Gasteiger partial charge in [-0.15, -0.1) is 0 Å². The summed E-state index contributed by atoms with van der Waals surface area (Å²) in [5, 5.41) is 11.4. The summed E-state index contributed by atoms with van der Waals surface area (Å²) in [6.45, 7) is 2.74. The molecule has 0 heterocycles. The maximum absolute atomic E-state index is 11.3. The highest BCUT2D eigenvalue weighted by molar-refractivity contribution is 5.78. The number of carbonyl (C=O) groups excluding carboxylic acids is 1. The molecule has 0 unspecified atom stereocenters. The Morgan fingerprint density at radius 2 is 2.12 bits per heavy atom. The number of carboxylic acid groups (broad SMARTS) is 1. The lowest BCUT2D eigenvalue weighted by Crippen LogP contribution is -2.47. The van der Waals surface area contributed by atoms with Crippen LogP contribution in [0.4, 0.5) is 0 Å². The van der Waals surface area contributed by atoms with E-state index in [4.69, 9.17) is 9.84 Å². The van der Waals surface area contributed by atoms with Crippen LogP contribution in [-0.2, 0) is 14.3 Å². The molecular weight excluding hydrogens is 210 g/mol. The molecule has 0 aromatic carbocycles. The Bertz CT molecular complexity index is 248. The number of ether oxygens (including phenoxy) is 1. The van der Waals surface area contributed by atoms with Crippen molar-refractivity contribution in [3.05, 3.63) is 0 Å². The van der Waals surface area contributed by atoms with Crippen molar-refractivity contribution in [1.82, 2.24) is 5.32 Å². The number of rotatable bonds is 7. The highest BCUT2D eigenvalue weighted by atomic mass is 16.5. The SMILES string of the molecule is CCCCOCC(=O)NC1CC(C(=O)O)C1. The molecule has 1 saturated carbocycles. The second-order valence-corrected chi connectivity index (χ2v) is 4.18. The molecule has 0 aliphatic heterocycles. The molecule has 1 aliphatic rings. The van der Waals surface area contributed by atoms with Crippen LogP contribution in [0.25, 0.3) is 0 Å². The average molecular weight is 229 g/mol. The smallest absolute Gasteiger partial charge is 0.306 e. The van der Waals surface area contributed by atoms with E-state index in [9.17, 15) is 9.59 Å². The lowest BCUT2D eigenvalue weighted by atomic mass is 9.80. The van der Waals surface area contributed by atoms with Crippen LogP contribution in [0.5, 0.6) is 0 Å². The van der Waals surface area contributed by atoms with Crippen LogP contribution in [0.1, 0.15) is 32.6 Å². The van der Waals surface area contributed by atoms with Gasteiger partial charge in [0, 0.05) is 12.6 Å². The van der Waals surface area contributed by atoms with E-state index in [1.807, 2.05) is 0 Å². The molecule has 0 saturated heterocycles. The summed E-state index contributed by atoms with van der Waals surface area (Å²) >= 11 is 0. The van der Waals surface area contributed by atoms with Gasteiger partial charge >= 0.3 is 5.97 Å². The predicted molar refractivity (Wildman–Crippen MR) is 58.0 cm³/mol. The Morgan fingerprint density at radius 3 is 2.69 bits per heavy atom. The summed E-state index contributed by atoms with van der Waals surface area (Å²) in [5.74, 6) is -1.21. The fourth-order valence-electron chi connectivity index (χ4n) is 1.62. The fourth-order valence-corrected chi connectivity index (χ4v) is 1.62. The first-order chi connectivity index (χ1) is 7.63. The molecule has 0 radical (unpaired) electrons. The Kier molecular flexibility index (Phi) is 5.25. The molecule has 0 spiro atoms. The van der Waals surface area contributed by atoms with Crippen LogP contribution in [-0.4, -0.2) is 36.2 Å². The van der Waals surface area contributed by atoms with Gasteiger partial charge in [0.25, 0.3) is 0 Å². The number of hydrogen-bond donors (Lipinski definition) is 2. The Morgan fingerprint density at radius 1 is 1.44 bits per heavy atom. The van der Waals surface area contributed by atoms with E-state index in [1.54, 1.807) is 0 Å². The molecule has 5 heteroatoms. The zero-order chi connectivity index (χ0) is 12.0. The van der Waals surface area contributed by atoms with Gasteiger partial charge in [-0.05, 0) is 19.3 Å². The van der Waals surface area contributed by atoms with Crippen molar-refractivity contribution in [2.75, 3.05) is 13.2 Å². The molecule has 1 fully saturated rings. The third-order valence-corrected chi connectivity index (χ3v) is 2.73. The number of hydrogen-bond acceptors (Lipinski definition) is 3. The second kappa shape index (κ2) is 6.48.